The lowest BCUT2D eigenvalue weighted by Crippen LogP contribution is -2.26. The molecule has 0 atom stereocenters. The predicted octanol–water partition coefficient (Wildman–Crippen LogP) is -0.219. The molecule has 5 heteroatoms. The molecule has 74 valence electrons. The molecular weight excluding hydrogens is 192 g/mol. The summed E-state index contributed by atoms with van der Waals surface area (Å²) >= 11 is 0. The van der Waals surface area contributed by atoms with Gasteiger partial charge in [0.25, 0.3) is 5.65 Å². The highest BCUT2D eigenvalue weighted by Gasteiger charge is 2.13. The van der Waals surface area contributed by atoms with Crippen molar-refractivity contribution in [2.24, 2.45) is 7.05 Å². The first-order valence-corrected chi connectivity index (χ1v) is 4.57. The van der Waals surface area contributed by atoms with E-state index in [0.717, 1.165) is 11.0 Å². The molecule has 0 saturated carbocycles. The fraction of sp³-hybridized carbons (Fsp3) is 0.100. The van der Waals surface area contributed by atoms with Gasteiger partial charge in [0, 0.05) is 5.10 Å². The van der Waals surface area contributed by atoms with Crippen LogP contribution in [-0.2, 0) is 7.05 Å². The SMILES string of the molecule is Cn1nc([O-])[n+]2c3ccccc3ncc12. The Morgan fingerprint density at radius 3 is 3.00 bits per heavy atom. The van der Waals surface area contributed by atoms with Crippen molar-refractivity contribution in [1.29, 1.82) is 0 Å². The van der Waals surface area contributed by atoms with Crippen LogP contribution in [0.4, 0.5) is 0 Å². The molecule has 0 spiro atoms. The van der Waals surface area contributed by atoms with E-state index in [2.05, 4.69) is 10.1 Å². The number of nitrogens with zero attached hydrogens (tertiary/aromatic N) is 4. The molecule has 2 heterocycles. The number of hydrogen-bond donors (Lipinski definition) is 0. The second kappa shape index (κ2) is 2.66. The van der Waals surface area contributed by atoms with Gasteiger partial charge < -0.3 is 5.11 Å². The van der Waals surface area contributed by atoms with Crippen molar-refractivity contribution in [2.45, 2.75) is 0 Å². The maximum Gasteiger partial charge on any atom is 0.282 e. The number of para-hydroxylation sites is 2. The van der Waals surface area contributed by atoms with Gasteiger partial charge in [-0.25, -0.2) is 4.98 Å². The van der Waals surface area contributed by atoms with Crippen LogP contribution in [0.25, 0.3) is 16.7 Å². The topological polar surface area (TPSA) is 57.9 Å². The van der Waals surface area contributed by atoms with Gasteiger partial charge in [-0.2, -0.15) is 4.40 Å². The van der Waals surface area contributed by atoms with Crippen molar-refractivity contribution in [1.82, 2.24) is 14.8 Å². The average Bonchev–Trinajstić information content (AvgIpc) is 2.55. The number of fused-ring (bicyclic) bond motifs is 3. The summed E-state index contributed by atoms with van der Waals surface area (Å²) in [4.78, 5) is 4.26. The standard InChI is InChI=1S/C10H8N4O/c1-13-9-6-11-7-4-2-3-5-8(7)14(9)10(15)12-13/h2-6H,1H3. The summed E-state index contributed by atoms with van der Waals surface area (Å²) in [7, 11) is 1.73. The Morgan fingerprint density at radius 2 is 2.13 bits per heavy atom. The molecule has 0 unspecified atom stereocenters. The molecule has 0 aliphatic rings. The third-order valence-electron chi connectivity index (χ3n) is 2.43. The first-order chi connectivity index (χ1) is 7.27. The Labute approximate surface area is 85.2 Å². The molecule has 1 aromatic carbocycles. The Balaban J connectivity index is 2.64. The lowest BCUT2D eigenvalue weighted by Gasteiger charge is -1.98. The molecule has 0 N–H and O–H groups in total. The molecule has 15 heavy (non-hydrogen) atoms. The summed E-state index contributed by atoms with van der Waals surface area (Å²) in [6.45, 7) is 0. The van der Waals surface area contributed by atoms with Crippen molar-refractivity contribution in [3.63, 3.8) is 0 Å². The highest BCUT2D eigenvalue weighted by atomic mass is 16.3. The molecule has 5 nitrogen and oxygen atoms in total. The van der Waals surface area contributed by atoms with Crippen LogP contribution in [0.3, 0.4) is 0 Å². The Bertz CT molecular complexity index is 659. The fourth-order valence-electron chi connectivity index (χ4n) is 1.72. The highest BCUT2D eigenvalue weighted by molar-refractivity contribution is 5.71. The first-order valence-electron chi connectivity index (χ1n) is 4.57. The summed E-state index contributed by atoms with van der Waals surface area (Å²) in [5, 5.41) is 15.4. The van der Waals surface area contributed by atoms with E-state index in [4.69, 9.17) is 0 Å². The number of hydrogen-bond acceptors (Lipinski definition) is 3. The maximum atomic E-state index is 11.6. The summed E-state index contributed by atoms with van der Waals surface area (Å²) in [5.74, 6) is 0. The van der Waals surface area contributed by atoms with Crippen LogP contribution in [0.15, 0.2) is 30.5 Å². The van der Waals surface area contributed by atoms with E-state index in [1.54, 1.807) is 17.6 Å². The predicted molar refractivity (Wildman–Crippen MR) is 51.1 cm³/mol. The molecule has 0 fully saturated rings. The van der Waals surface area contributed by atoms with Gasteiger partial charge in [0.05, 0.1) is 7.05 Å². The number of benzene rings is 1. The molecule has 0 amide bonds. The Morgan fingerprint density at radius 1 is 1.33 bits per heavy atom. The van der Waals surface area contributed by atoms with Gasteiger partial charge in [-0.05, 0) is 12.1 Å². The third kappa shape index (κ3) is 0.999. The average molecular weight is 200 g/mol. The summed E-state index contributed by atoms with van der Waals surface area (Å²) in [5.41, 5.74) is 2.27. The summed E-state index contributed by atoms with van der Waals surface area (Å²) < 4.78 is 3.09. The van der Waals surface area contributed by atoms with Crippen LogP contribution in [0.2, 0.25) is 0 Å². The normalized spacial score (nSPS) is 11.3. The maximum absolute atomic E-state index is 11.6. The van der Waals surface area contributed by atoms with Crippen LogP contribution in [0.1, 0.15) is 0 Å². The summed E-state index contributed by atoms with van der Waals surface area (Å²) in [6, 6.07) is 7.23. The van der Waals surface area contributed by atoms with Crippen molar-refractivity contribution in [3.8, 4) is 6.01 Å². The third-order valence-corrected chi connectivity index (χ3v) is 2.43. The van der Waals surface area contributed by atoms with Gasteiger partial charge in [0.1, 0.15) is 17.2 Å². The molecule has 2 aromatic heterocycles. The zero-order valence-corrected chi connectivity index (χ0v) is 8.08. The minimum absolute atomic E-state index is 0.272. The largest absolute Gasteiger partial charge is 0.817 e. The Kier molecular flexibility index (Phi) is 1.45. The van der Waals surface area contributed by atoms with E-state index >= 15 is 0 Å². The quantitative estimate of drug-likeness (QED) is 0.471. The minimum atomic E-state index is -0.272. The molecular formula is C10H8N4O. The lowest BCUT2D eigenvalue weighted by molar-refractivity contribution is -0.564. The number of aryl methyl sites for hydroxylation is 1. The van der Waals surface area contributed by atoms with E-state index in [9.17, 15) is 5.11 Å². The number of aromatic nitrogens is 4. The molecule has 0 bridgehead atoms. The molecule has 0 aliphatic heterocycles. The smallest absolute Gasteiger partial charge is 0.282 e. The van der Waals surface area contributed by atoms with Crippen LogP contribution in [0, 0.1) is 0 Å². The molecule has 0 aliphatic carbocycles. The molecule has 3 aromatic rings. The van der Waals surface area contributed by atoms with Crippen LogP contribution < -0.4 is 9.51 Å². The van der Waals surface area contributed by atoms with Gasteiger partial charge in [0.2, 0.25) is 6.01 Å². The first kappa shape index (κ1) is 8.16. The van der Waals surface area contributed by atoms with Gasteiger partial charge >= 0.3 is 0 Å². The van der Waals surface area contributed by atoms with Crippen molar-refractivity contribution in [2.75, 3.05) is 0 Å². The van der Waals surface area contributed by atoms with Crippen LogP contribution in [-0.4, -0.2) is 14.8 Å². The van der Waals surface area contributed by atoms with Crippen LogP contribution >= 0.6 is 0 Å². The van der Waals surface area contributed by atoms with Gasteiger partial charge in [-0.1, -0.05) is 12.1 Å². The van der Waals surface area contributed by atoms with E-state index in [1.807, 2.05) is 24.3 Å². The van der Waals surface area contributed by atoms with E-state index in [1.165, 1.54) is 4.68 Å². The van der Waals surface area contributed by atoms with E-state index < -0.39 is 0 Å². The Hall–Kier alpha value is -2.17. The monoisotopic (exact) mass is 200 g/mol. The second-order valence-electron chi connectivity index (χ2n) is 3.35. The van der Waals surface area contributed by atoms with Crippen molar-refractivity contribution >= 4 is 16.7 Å². The molecule has 0 saturated heterocycles. The molecule has 3 rings (SSSR count). The van der Waals surface area contributed by atoms with E-state index in [-0.39, 0.29) is 6.01 Å². The molecule has 0 radical (unpaired) electrons. The lowest BCUT2D eigenvalue weighted by atomic mass is 10.3. The van der Waals surface area contributed by atoms with Gasteiger partial charge in [0.15, 0.2) is 0 Å². The van der Waals surface area contributed by atoms with E-state index in [0.29, 0.717) is 5.65 Å². The van der Waals surface area contributed by atoms with Gasteiger partial charge in [-0.3, -0.25) is 0 Å². The van der Waals surface area contributed by atoms with Crippen LogP contribution in [0.5, 0.6) is 6.01 Å². The van der Waals surface area contributed by atoms with Gasteiger partial charge in [-0.15, -0.1) is 4.68 Å². The summed E-state index contributed by atoms with van der Waals surface area (Å²) in [6.07, 6.45) is 1.65. The highest BCUT2D eigenvalue weighted by Crippen LogP contribution is 2.09. The van der Waals surface area contributed by atoms with Crippen molar-refractivity contribution in [3.05, 3.63) is 30.5 Å². The number of rotatable bonds is 0. The van der Waals surface area contributed by atoms with Crippen molar-refractivity contribution < 1.29 is 9.51 Å². The fourth-order valence-corrected chi connectivity index (χ4v) is 1.72. The zero-order chi connectivity index (χ0) is 10.4. The zero-order valence-electron chi connectivity index (χ0n) is 8.08. The second-order valence-corrected chi connectivity index (χ2v) is 3.35. The minimum Gasteiger partial charge on any atom is -0.817 e.